The fourth-order valence-electron chi connectivity index (χ4n) is 6.14. The van der Waals surface area contributed by atoms with Crippen LogP contribution in [0.5, 0.6) is 0 Å². The summed E-state index contributed by atoms with van der Waals surface area (Å²) in [6, 6.07) is 12.0. The number of hydrogen-bond donors (Lipinski definition) is 6. The predicted octanol–water partition coefficient (Wildman–Crippen LogP) is 0.0284. The SMILES string of the molecule is CNCC(=O)N1CC(NC(=O)c2ccccc2)(c2ccccc2C(=O)NC2(C(=O)O)CCCN2C(=O)CNC(=O)C(F)(F)F)CC1C(=O)O. The molecule has 15 nitrogen and oxygen atoms in total. The smallest absolute Gasteiger partial charge is 0.471 e. The second kappa shape index (κ2) is 14.3. The van der Waals surface area contributed by atoms with Crippen molar-refractivity contribution in [2.24, 2.45) is 0 Å². The number of carboxylic acids is 2. The molecule has 3 atom stereocenters. The van der Waals surface area contributed by atoms with E-state index in [2.05, 4.69) is 16.0 Å². The molecule has 262 valence electrons. The van der Waals surface area contributed by atoms with Crippen molar-refractivity contribution in [1.29, 1.82) is 0 Å². The van der Waals surface area contributed by atoms with Crippen molar-refractivity contribution in [3.63, 3.8) is 0 Å². The van der Waals surface area contributed by atoms with E-state index in [1.165, 1.54) is 48.8 Å². The van der Waals surface area contributed by atoms with E-state index in [1.807, 2.05) is 0 Å². The van der Waals surface area contributed by atoms with Crippen LogP contribution in [-0.2, 0) is 29.5 Å². The maximum absolute atomic E-state index is 14.0. The van der Waals surface area contributed by atoms with Crippen molar-refractivity contribution in [3.8, 4) is 0 Å². The maximum Gasteiger partial charge on any atom is 0.471 e. The lowest BCUT2D eigenvalue weighted by atomic mass is 9.83. The molecule has 0 spiro atoms. The average molecular weight is 691 g/mol. The number of carbonyl (C=O) groups is 7. The van der Waals surface area contributed by atoms with Gasteiger partial charge in [-0.25, -0.2) is 9.59 Å². The molecule has 6 N–H and O–H groups in total. The first-order valence-corrected chi connectivity index (χ1v) is 14.9. The molecular formula is C31H33F3N6O9. The van der Waals surface area contributed by atoms with Crippen molar-refractivity contribution in [1.82, 2.24) is 31.1 Å². The van der Waals surface area contributed by atoms with E-state index < -0.39 is 84.4 Å². The Labute approximate surface area is 276 Å². The fourth-order valence-corrected chi connectivity index (χ4v) is 6.14. The second-order valence-corrected chi connectivity index (χ2v) is 11.5. The van der Waals surface area contributed by atoms with Crippen LogP contribution < -0.4 is 21.3 Å². The molecule has 3 unspecified atom stereocenters. The highest BCUT2D eigenvalue weighted by molar-refractivity contribution is 6.02. The van der Waals surface area contributed by atoms with E-state index in [0.29, 0.717) is 4.90 Å². The molecule has 2 aliphatic rings. The molecule has 2 aromatic carbocycles. The minimum absolute atomic E-state index is 0.0209. The zero-order chi connectivity index (χ0) is 36.1. The van der Waals surface area contributed by atoms with E-state index in [9.17, 15) is 56.9 Å². The van der Waals surface area contributed by atoms with Gasteiger partial charge in [0, 0.05) is 37.1 Å². The van der Waals surface area contributed by atoms with Crippen LogP contribution in [0.3, 0.4) is 0 Å². The number of rotatable bonds is 11. The minimum atomic E-state index is -5.30. The maximum atomic E-state index is 14.0. The van der Waals surface area contributed by atoms with Crippen molar-refractivity contribution in [3.05, 3.63) is 71.3 Å². The first kappa shape index (κ1) is 36.3. The molecule has 2 aliphatic heterocycles. The molecule has 18 heteroatoms. The van der Waals surface area contributed by atoms with Gasteiger partial charge < -0.3 is 41.3 Å². The summed E-state index contributed by atoms with van der Waals surface area (Å²) in [5.41, 5.74) is -4.20. The number of halogens is 3. The van der Waals surface area contributed by atoms with Gasteiger partial charge in [-0.05, 0) is 37.2 Å². The number of amides is 5. The zero-order valence-electron chi connectivity index (χ0n) is 26.0. The van der Waals surface area contributed by atoms with Crippen molar-refractivity contribution >= 4 is 41.5 Å². The predicted molar refractivity (Wildman–Crippen MR) is 162 cm³/mol. The van der Waals surface area contributed by atoms with Gasteiger partial charge in [0.25, 0.3) is 11.8 Å². The molecule has 0 aliphatic carbocycles. The highest BCUT2D eigenvalue weighted by atomic mass is 19.4. The number of carboxylic acid groups (broad SMARTS) is 2. The molecule has 0 saturated carbocycles. The molecule has 0 bridgehead atoms. The molecule has 0 radical (unpaired) electrons. The first-order chi connectivity index (χ1) is 23.1. The van der Waals surface area contributed by atoms with Crippen LogP contribution in [0.4, 0.5) is 13.2 Å². The summed E-state index contributed by atoms with van der Waals surface area (Å²) in [4.78, 5) is 91.6. The molecule has 2 aromatic rings. The number of carbonyl (C=O) groups excluding carboxylic acids is 5. The molecule has 2 saturated heterocycles. The number of nitrogens with zero attached hydrogens (tertiary/aromatic N) is 2. The zero-order valence-corrected chi connectivity index (χ0v) is 26.0. The van der Waals surface area contributed by atoms with Crippen LogP contribution in [0.1, 0.15) is 45.5 Å². The third kappa shape index (κ3) is 7.48. The van der Waals surface area contributed by atoms with Gasteiger partial charge in [0.15, 0.2) is 0 Å². The van der Waals surface area contributed by atoms with Gasteiger partial charge in [0.2, 0.25) is 17.5 Å². The molecule has 5 amide bonds. The van der Waals surface area contributed by atoms with E-state index in [4.69, 9.17) is 0 Å². The van der Waals surface area contributed by atoms with Gasteiger partial charge in [-0.1, -0.05) is 36.4 Å². The number of benzene rings is 2. The van der Waals surface area contributed by atoms with Crippen LogP contribution in [0, 0.1) is 0 Å². The Morgan fingerprint density at radius 1 is 0.878 bits per heavy atom. The fraction of sp³-hybridized carbons (Fsp3) is 0.387. The molecular weight excluding hydrogens is 657 g/mol. The summed E-state index contributed by atoms with van der Waals surface area (Å²) >= 11 is 0. The van der Waals surface area contributed by atoms with Gasteiger partial charge >= 0.3 is 24.0 Å². The monoisotopic (exact) mass is 690 g/mol. The van der Waals surface area contributed by atoms with Crippen LogP contribution in [0.2, 0.25) is 0 Å². The van der Waals surface area contributed by atoms with Crippen LogP contribution in [0.15, 0.2) is 54.6 Å². The third-order valence-corrected chi connectivity index (χ3v) is 8.38. The third-order valence-electron chi connectivity index (χ3n) is 8.38. The molecule has 4 rings (SSSR count). The summed E-state index contributed by atoms with van der Waals surface area (Å²) in [6.07, 6.45) is -6.02. The largest absolute Gasteiger partial charge is 0.480 e. The van der Waals surface area contributed by atoms with Crippen LogP contribution in [-0.4, -0.2) is 113 Å². The Balaban J connectivity index is 1.75. The minimum Gasteiger partial charge on any atom is -0.480 e. The Hall–Kier alpha value is -5.52. The van der Waals surface area contributed by atoms with Crippen molar-refractivity contribution in [2.45, 2.75) is 42.7 Å². The topological polar surface area (TPSA) is 215 Å². The van der Waals surface area contributed by atoms with Gasteiger partial charge in [-0.3, -0.25) is 24.0 Å². The Morgan fingerprint density at radius 2 is 1.53 bits per heavy atom. The average Bonchev–Trinajstić information content (AvgIpc) is 3.67. The number of likely N-dealkylation sites (N-methyl/N-ethyl adjacent to an activating group) is 1. The van der Waals surface area contributed by atoms with Gasteiger partial charge in [-0.2, -0.15) is 13.2 Å². The number of likely N-dealkylation sites (tertiary alicyclic amines) is 2. The van der Waals surface area contributed by atoms with Crippen molar-refractivity contribution < 1.29 is 56.9 Å². The highest BCUT2D eigenvalue weighted by Gasteiger charge is 2.54. The number of hydrogen-bond acceptors (Lipinski definition) is 8. The Bertz CT molecular complexity index is 1660. The van der Waals surface area contributed by atoms with Crippen LogP contribution in [0.25, 0.3) is 0 Å². The highest BCUT2D eigenvalue weighted by Crippen LogP contribution is 2.39. The van der Waals surface area contributed by atoms with E-state index >= 15 is 0 Å². The lowest BCUT2D eigenvalue weighted by molar-refractivity contribution is -0.174. The number of aliphatic carboxylic acids is 2. The quantitative estimate of drug-likeness (QED) is 0.186. The van der Waals surface area contributed by atoms with Crippen LogP contribution >= 0.6 is 0 Å². The molecule has 2 heterocycles. The Morgan fingerprint density at radius 3 is 2.14 bits per heavy atom. The number of alkyl halides is 3. The van der Waals surface area contributed by atoms with E-state index in [-0.39, 0.29) is 42.6 Å². The lowest BCUT2D eigenvalue weighted by Gasteiger charge is -2.37. The standard InChI is InChI=1S/C31H33F3N6O9/c1-35-15-22(41)39-17-29(14-21(39)26(45)46,37-24(43)18-8-3-2-4-9-18)20-11-6-5-10-19(20)25(44)38-30(28(48)49)12-7-13-40(30)23(42)16-36-27(47)31(32,33)34/h2-6,8-11,21,35H,7,12-17H2,1H3,(H,36,47)(H,37,43)(H,38,44)(H,45,46)(H,48,49). The van der Waals surface area contributed by atoms with E-state index in [1.54, 1.807) is 18.2 Å². The number of nitrogens with one attached hydrogen (secondary N) is 4. The summed E-state index contributed by atoms with van der Waals surface area (Å²) in [5.74, 6) is -9.10. The summed E-state index contributed by atoms with van der Waals surface area (Å²) in [7, 11) is 1.48. The van der Waals surface area contributed by atoms with Crippen molar-refractivity contribution in [2.75, 3.05) is 33.2 Å². The molecule has 0 aromatic heterocycles. The lowest BCUT2D eigenvalue weighted by Crippen LogP contribution is -2.65. The van der Waals surface area contributed by atoms with E-state index in [0.717, 1.165) is 4.90 Å². The first-order valence-electron chi connectivity index (χ1n) is 14.9. The van der Waals surface area contributed by atoms with Gasteiger partial charge in [0.1, 0.15) is 6.04 Å². The van der Waals surface area contributed by atoms with Gasteiger partial charge in [0.05, 0.1) is 18.6 Å². The summed E-state index contributed by atoms with van der Waals surface area (Å²) in [6.45, 7) is -2.14. The van der Waals surface area contributed by atoms with Gasteiger partial charge in [-0.15, -0.1) is 0 Å². The molecule has 2 fully saturated rings. The Kier molecular flexibility index (Phi) is 10.6. The normalized spacial score (nSPS) is 21.9. The summed E-state index contributed by atoms with van der Waals surface area (Å²) in [5, 5.41) is 29.5. The second-order valence-electron chi connectivity index (χ2n) is 11.5. The molecule has 49 heavy (non-hydrogen) atoms. The summed E-state index contributed by atoms with van der Waals surface area (Å²) < 4.78 is 38.1.